The molecular formula is C26H28N4O2. The van der Waals surface area contributed by atoms with E-state index in [0.717, 1.165) is 54.7 Å². The van der Waals surface area contributed by atoms with E-state index in [-0.39, 0.29) is 22.9 Å². The Hall–Kier alpha value is -3.02. The predicted octanol–water partition coefficient (Wildman–Crippen LogP) is 3.63. The number of allylic oxidation sites excluding steroid dienone is 5. The first-order valence-corrected chi connectivity index (χ1v) is 11.6. The summed E-state index contributed by atoms with van der Waals surface area (Å²) in [6.45, 7) is 1.99. The van der Waals surface area contributed by atoms with E-state index in [1.807, 2.05) is 31.2 Å². The van der Waals surface area contributed by atoms with Crippen molar-refractivity contribution in [1.29, 1.82) is 0 Å². The standard InChI is InChI=1S/C26H28N4O2/c1-16-8-19-5-6-20(10-22(19)28-16)23(31)29-25-11-17-9-18(12-25)14-26(13-17,15-25)30-24(32)21-4-2-3-7-27-21/h2-8,17-18H,9-15H2,1H3,(H,29,31)(H,30,32). The number of hydrogen-bond acceptors (Lipinski definition) is 4. The molecule has 0 radical (unpaired) electrons. The Morgan fingerprint density at radius 3 is 2.41 bits per heavy atom. The lowest BCUT2D eigenvalue weighted by Crippen LogP contribution is -2.70. The summed E-state index contributed by atoms with van der Waals surface area (Å²) in [4.78, 5) is 35.1. The molecule has 2 atom stereocenters. The van der Waals surface area contributed by atoms with Crippen molar-refractivity contribution in [3.8, 4) is 0 Å². The van der Waals surface area contributed by atoms with Gasteiger partial charge in [0.25, 0.3) is 5.91 Å². The van der Waals surface area contributed by atoms with Gasteiger partial charge in [0, 0.05) is 35.0 Å². The van der Waals surface area contributed by atoms with Crippen LogP contribution < -0.4 is 10.6 Å². The monoisotopic (exact) mass is 428 g/mol. The van der Waals surface area contributed by atoms with Gasteiger partial charge >= 0.3 is 0 Å². The van der Waals surface area contributed by atoms with Crippen molar-refractivity contribution in [3.63, 3.8) is 0 Å². The third-order valence-corrected chi connectivity index (χ3v) is 7.84. The van der Waals surface area contributed by atoms with Crippen LogP contribution in [0.5, 0.6) is 0 Å². The number of nitrogens with zero attached hydrogens (tertiary/aromatic N) is 2. The molecule has 4 bridgehead atoms. The van der Waals surface area contributed by atoms with E-state index in [1.165, 1.54) is 6.42 Å². The Kier molecular flexibility index (Phi) is 4.29. The molecule has 32 heavy (non-hydrogen) atoms. The summed E-state index contributed by atoms with van der Waals surface area (Å²) in [5, 5.41) is 6.80. The Morgan fingerprint density at radius 1 is 1.00 bits per heavy atom. The number of rotatable bonds is 4. The maximum atomic E-state index is 13.3. The molecule has 6 nitrogen and oxygen atoms in total. The van der Waals surface area contributed by atoms with Crippen LogP contribution in [-0.2, 0) is 4.79 Å². The number of aliphatic imine (C=N–C) groups is 1. The molecule has 1 aliphatic heterocycles. The van der Waals surface area contributed by atoms with Gasteiger partial charge < -0.3 is 10.6 Å². The molecule has 6 aliphatic rings. The third-order valence-electron chi connectivity index (χ3n) is 7.84. The zero-order valence-electron chi connectivity index (χ0n) is 18.4. The summed E-state index contributed by atoms with van der Waals surface area (Å²) in [6, 6.07) is 5.42. The predicted molar refractivity (Wildman–Crippen MR) is 122 cm³/mol. The molecule has 5 aliphatic carbocycles. The van der Waals surface area contributed by atoms with Gasteiger partial charge in [-0.25, -0.2) is 0 Å². The number of hydrogen-bond donors (Lipinski definition) is 2. The van der Waals surface area contributed by atoms with E-state index < -0.39 is 0 Å². The molecular weight excluding hydrogens is 400 g/mol. The topological polar surface area (TPSA) is 83.5 Å². The van der Waals surface area contributed by atoms with Gasteiger partial charge in [0.15, 0.2) is 0 Å². The van der Waals surface area contributed by atoms with Crippen molar-refractivity contribution in [2.75, 3.05) is 0 Å². The Morgan fingerprint density at radius 2 is 1.72 bits per heavy atom. The highest BCUT2D eigenvalue weighted by molar-refractivity contribution is 6.12. The molecule has 2 amide bonds. The van der Waals surface area contributed by atoms with Crippen molar-refractivity contribution in [1.82, 2.24) is 15.6 Å². The first-order chi connectivity index (χ1) is 15.4. The quantitative estimate of drug-likeness (QED) is 0.768. The number of aromatic nitrogens is 1. The average molecular weight is 429 g/mol. The lowest BCUT2D eigenvalue weighted by Gasteiger charge is -2.62. The molecule has 2 N–H and O–H groups in total. The first-order valence-electron chi connectivity index (χ1n) is 11.6. The van der Waals surface area contributed by atoms with Gasteiger partial charge in [-0.15, -0.1) is 0 Å². The second-order valence-electron chi connectivity index (χ2n) is 10.5. The van der Waals surface area contributed by atoms with Crippen LogP contribution in [0.3, 0.4) is 0 Å². The van der Waals surface area contributed by atoms with Gasteiger partial charge in [0.05, 0.1) is 5.71 Å². The number of amides is 2. The van der Waals surface area contributed by atoms with E-state index in [1.54, 1.807) is 12.3 Å². The molecule has 164 valence electrons. The number of carbonyl (C=O) groups is 2. The number of fused-ring (bicyclic) bond motifs is 1. The lowest BCUT2D eigenvalue weighted by atomic mass is 9.49. The van der Waals surface area contributed by atoms with Crippen molar-refractivity contribution in [2.45, 2.75) is 62.9 Å². The molecule has 1 aromatic heterocycles. The molecule has 2 heterocycles. The maximum Gasteiger partial charge on any atom is 0.270 e. The minimum Gasteiger partial charge on any atom is -0.347 e. The van der Waals surface area contributed by atoms with Gasteiger partial charge in [-0.3, -0.25) is 19.6 Å². The fraction of sp³-hybridized carbons (Fsp3) is 0.462. The van der Waals surface area contributed by atoms with Crippen LogP contribution in [0.4, 0.5) is 0 Å². The molecule has 2 unspecified atom stereocenters. The van der Waals surface area contributed by atoms with Crippen molar-refractivity contribution >= 4 is 17.5 Å². The molecule has 7 rings (SSSR count). The van der Waals surface area contributed by atoms with Crippen LogP contribution in [0.2, 0.25) is 0 Å². The summed E-state index contributed by atoms with van der Waals surface area (Å²) in [7, 11) is 0. The Balaban J connectivity index is 1.21. The van der Waals surface area contributed by atoms with Crippen LogP contribution in [0.25, 0.3) is 0 Å². The van der Waals surface area contributed by atoms with Crippen molar-refractivity contribution < 1.29 is 9.59 Å². The van der Waals surface area contributed by atoms with Gasteiger partial charge in [-0.05, 0) is 81.1 Å². The van der Waals surface area contributed by atoms with Crippen molar-refractivity contribution in [2.24, 2.45) is 16.8 Å². The second kappa shape index (κ2) is 6.99. The fourth-order valence-electron chi connectivity index (χ4n) is 7.17. The minimum absolute atomic E-state index is 0.0145. The highest BCUT2D eigenvalue weighted by Crippen LogP contribution is 2.57. The normalized spacial score (nSPS) is 34.2. The summed E-state index contributed by atoms with van der Waals surface area (Å²) >= 11 is 0. The van der Waals surface area contributed by atoms with E-state index in [0.29, 0.717) is 24.0 Å². The molecule has 0 saturated heterocycles. The van der Waals surface area contributed by atoms with Crippen LogP contribution >= 0.6 is 0 Å². The van der Waals surface area contributed by atoms with E-state index in [9.17, 15) is 9.59 Å². The van der Waals surface area contributed by atoms with Gasteiger partial charge in [0.1, 0.15) is 5.69 Å². The summed E-state index contributed by atoms with van der Waals surface area (Å²) in [5.74, 6) is 0.987. The SMILES string of the molecule is CC1=CC2=CC=C(C(=O)NC34CC5CC(C3)CC(NC(=O)c3ccccn3)(C5)C4)CC2=N1. The summed E-state index contributed by atoms with van der Waals surface area (Å²) < 4.78 is 0. The van der Waals surface area contributed by atoms with E-state index in [4.69, 9.17) is 0 Å². The summed E-state index contributed by atoms with van der Waals surface area (Å²) in [6.07, 6.45) is 14.2. The molecule has 4 saturated carbocycles. The molecule has 6 heteroatoms. The van der Waals surface area contributed by atoms with Crippen molar-refractivity contribution in [3.05, 3.63) is 65.2 Å². The zero-order chi connectivity index (χ0) is 21.9. The first kappa shape index (κ1) is 19.6. The van der Waals surface area contributed by atoms with Gasteiger partial charge in [-0.1, -0.05) is 18.2 Å². The number of carbonyl (C=O) groups excluding carboxylic acids is 2. The molecule has 0 aromatic carbocycles. The Bertz CT molecular complexity index is 1110. The zero-order valence-corrected chi connectivity index (χ0v) is 18.4. The van der Waals surface area contributed by atoms with Gasteiger partial charge in [-0.2, -0.15) is 0 Å². The van der Waals surface area contributed by atoms with E-state index >= 15 is 0 Å². The molecule has 4 fully saturated rings. The van der Waals surface area contributed by atoms with Gasteiger partial charge in [0.2, 0.25) is 5.91 Å². The average Bonchev–Trinajstić information content (AvgIpc) is 3.12. The maximum absolute atomic E-state index is 13.3. The second-order valence-corrected chi connectivity index (χ2v) is 10.5. The van der Waals surface area contributed by atoms with Crippen LogP contribution in [0, 0.1) is 11.8 Å². The molecule has 0 spiro atoms. The molecule has 1 aromatic rings. The highest BCUT2D eigenvalue weighted by Gasteiger charge is 2.59. The Labute approximate surface area is 188 Å². The third kappa shape index (κ3) is 3.33. The van der Waals surface area contributed by atoms with Crippen LogP contribution in [0.1, 0.15) is 62.4 Å². The summed E-state index contributed by atoms with van der Waals surface area (Å²) in [5.41, 5.74) is 3.83. The minimum atomic E-state index is -0.253. The smallest absolute Gasteiger partial charge is 0.270 e. The number of pyridine rings is 1. The lowest BCUT2D eigenvalue weighted by molar-refractivity contribution is -0.124. The highest BCUT2D eigenvalue weighted by atomic mass is 16.2. The van der Waals surface area contributed by atoms with Crippen LogP contribution in [-0.4, -0.2) is 33.6 Å². The van der Waals surface area contributed by atoms with Crippen LogP contribution in [0.15, 0.2) is 64.5 Å². The fourth-order valence-corrected chi connectivity index (χ4v) is 7.17. The van der Waals surface area contributed by atoms with E-state index in [2.05, 4.69) is 26.7 Å². The number of nitrogens with one attached hydrogen (secondary N) is 2. The largest absolute Gasteiger partial charge is 0.347 e.